The molecule has 0 amide bonds. The van der Waals surface area contributed by atoms with Gasteiger partial charge >= 0.3 is 5.97 Å². The molecule has 37 heavy (non-hydrogen) atoms. The Morgan fingerprint density at radius 2 is 1.51 bits per heavy atom. The van der Waals surface area contributed by atoms with Gasteiger partial charge in [-0.05, 0) is 99.1 Å². The standard InChI is InChI=1S/C30H52O6Si/c1-17(31)33-24-20(32)14-16-30(8)19-13-15-29(7)18(11-12-21(29)36-37(9,10)27(2,3)4)22(19)25-26(23(24)30)35-28(5,6)34-25/h18-26,32H,11-16H2,1-10H3/t18?,19?,20-,21+,22?,23?,24?,25-,26-,29+,30-/m1/s1. The highest BCUT2D eigenvalue weighted by Crippen LogP contribution is 2.69. The third kappa shape index (κ3) is 4.29. The molecule has 0 aromatic rings. The van der Waals surface area contributed by atoms with Crippen molar-refractivity contribution in [1.29, 1.82) is 0 Å². The first kappa shape index (κ1) is 28.1. The summed E-state index contributed by atoms with van der Waals surface area (Å²) in [5, 5.41) is 11.2. The van der Waals surface area contributed by atoms with E-state index in [0.717, 1.165) is 25.7 Å². The van der Waals surface area contributed by atoms with Gasteiger partial charge in [-0.1, -0.05) is 34.6 Å². The number of rotatable bonds is 3. The molecule has 5 rings (SSSR count). The van der Waals surface area contributed by atoms with Crippen LogP contribution in [0.4, 0.5) is 0 Å². The van der Waals surface area contributed by atoms with Crippen molar-refractivity contribution < 1.29 is 28.5 Å². The van der Waals surface area contributed by atoms with Gasteiger partial charge in [-0.2, -0.15) is 0 Å². The SMILES string of the molecule is CC(=O)OC1C2[C@H]3OC(C)(C)O[C@@H]3C3C(CC[C@@]4(C)C3CC[C@@H]4O[Si](C)(C)C(C)(C)C)[C@@]2(C)CC[C@H]1O. The van der Waals surface area contributed by atoms with Crippen LogP contribution < -0.4 is 0 Å². The Morgan fingerprint density at radius 3 is 2.14 bits per heavy atom. The lowest BCUT2D eigenvalue weighted by molar-refractivity contribution is -0.233. The second kappa shape index (κ2) is 8.76. The molecule has 212 valence electrons. The minimum atomic E-state index is -1.89. The number of aliphatic hydroxyl groups excluding tert-OH is 1. The zero-order chi connectivity index (χ0) is 27.3. The average Bonchev–Trinajstić information content (AvgIpc) is 3.24. The summed E-state index contributed by atoms with van der Waals surface area (Å²) >= 11 is 0. The zero-order valence-electron chi connectivity index (χ0n) is 24.9. The minimum absolute atomic E-state index is 0.0577. The lowest BCUT2D eigenvalue weighted by atomic mass is 9.43. The summed E-state index contributed by atoms with van der Waals surface area (Å²) in [5.41, 5.74) is 0.0542. The summed E-state index contributed by atoms with van der Waals surface area (Å²) in [5.74, 6) is 0.251. The van der Waals surface area contributed by atoms with Gasteiger partial charge in [0.1, 0.15) is 6.10 Å². The van der Waals surface area contributed by atoms with Crippen LogP contribution in [0.25, 0.3) is 0 Å². The van der Waals surface area contributed by atoms with E-state index in [1.807, 2.05) is 13.8 Å². The molecule has 1 saturated heterocycles. The first-order valence-corrected chi connectivity index (χ1v) is 17.7. The second-order valence-corrected chi connectivity index (χ2v) is 20.3. The molecule has 0 spiro atoms. The van der Waals surface area contributed by atoms with Gasteiger partial charge in [0.05, 0.1) is 24.4 Å². The van der Waals surface area contributed by atoms with Crippen molar-refractivity contribution in [3.05, 3.63) is 0 Å². The van der Waals surface area contributed by atoms with E-state index in [0.29, 0.717) is 30.3 Å². The van der Waals surface area contributed by atoms with E-state index < -0.39 is 26.3 Å². The van der Waals surface area contributed by atoms with E-state index in [1.54, 1.807) is 0 Å². The zero-order valence-corrected chi connectivity index (χ0v) is 25.9. The highest BCUT2D eigenvalue weighted by Gasteiger charge is 2.71. The van der Waals surface area contributed by atoms with Crippen LogP contribution in [0.2, 0.25) is 18.1 Å². The third-order valence-corrected chi connectivity index (χ3v) is 16.5. The van der Waals surface area contributed by atoms with E-state index >= 15 is 0 Å². The molecule has 0 bridgehead atoms. The summed E-state index contributed by atoms with van der Waals surface area (Å²) in [7, 11) is -1.89. The van der Waals surface area contributed by atoms with E-state index in [9.17, 15) is 9.90 Å². The van der Waals surface area contributed by atoms with Crippen LogP contribution in [0.15, 0.2) is 0 Å². The van der Waals surface area contributed by atoms with Crippen molar-refractivity contribution in [2.45, 2.75) is 148 Å². The third-order valence-electron chi connectivity index (χ3n) is 12.0. The Bertz CT molecular complexity index is 912. The normalized spacial score (nSPS) is 49.0. The first-order valence-electron chi connectivity index (χ1n) is 14.8. The molecule has 1 aliphatic heterocycles. The van der Waals surface area contributed by atoms with Gasteiger partial charge in [0.2, 0.25) is 0 Å². The van der Waals surface area contributed by atoms with E-state index in [2.05, 4.69) is 47.7 Å². The molecule has 5 unspecified atom stereocenters. The maximum atomic E-state index is 12.1. The summed E-state index contributed by atoms with van der Waals surface area (Å²) in [4.78, 5) is 12.1. The average molecular weight is 537 g/mol. The number of ether oxygens (including phenoxy) is 3. The van der Waals surface area contributed by atoms with Crippen LogP contribution in [0.3, 0.4) is 0 Å². The fraction of sp³-hybridized carbons (Fsp3) is 0.967. The molecular formula is C30H52O6Si. The van der Waals surface area contributed by atoms with Crippen LogP contribution in [0.1, 0.15) is 93.9 Å². The highest BCUT2D eigenvalue weighted by atomic mass is 28.4. The van der Waals surface area contributed by atoms with Crippen LogP contribution >= 0.6 is 0 Å². The largest absolute Gasteiger partial charge is 0.459 e. The predicted octanol–water partition coefficient (Wildman–Crippen LogP) is 6.06. The number of carbonyl (C=O) groups is 1. The molecule has 1 N–H and O–H groups in total. The number of fused-ring (bicyclic) bond motifs is 8. The summed E-state index contributed by atoms with van der Waals surface area (Å²) in [6.45, 7) is 22.1. The molecule has 1 heterocycles. The van der Waals surface area contributed by atoms with Crippen molar-refractivity contribution in [2.75, 3.05) is 0 Å². The monoisotopic (exact) mass is 536 g/mol. The molecule has 5 aliphatic rings. The van der Waals surface area contributed by atoms with Crippen LogP contribution in [-0.2, 0) is 23.4 Å². The van der Waals surface area contributed by atoms with E-state index in [-0.39, 0.29) is 40.0 Å². The fourth-order valence-electron chi connectivity index (χ4n) is 9.24. The van der Waals surface area contributed by atoms with Gasteiger partial charge in [0.15, 0.2) is 14.1 Å². The van der Waals surface area contributed by atoms with Crippen LogP contribution in [-0.4, -0.2) is 55.7 Å². The molecule has 0 radical (unpaired) electrons. The molecule has 4 saturated carbocycles. The Morgan fingerprint density at radius 1 is 0.919 bits per heavy atom. The predicted molar refractivity (Wildman–Crippen MR) is 145 cm³/mol. The molecule has 6 nitrogen and oxygen atoms in total. The van der Waals surface area contributed by atoms with Crippen molar-refractivity contribution in [1.82, 2.24) is 0 Å². The topological polar surface area (TPSA) is 74.2 Å². The van der Waals surface area contributed by atoms with E-state index in [1.165, 1.54) is 13.3 Å². The van der Waals surface area contributed by atoms with Gasteiger partial charge in [-0.25, -0.2) is 0 Å². The van der Waals surface area contributed by atoms with Gasteiger partial charge in [0.25, 0.3) is 0 Å². The highest BCUT2D eigenvalue weighted by molar-refractivity contribution is 6.74. The number of hydrogen-bond donors (Lipinski definition) is 1. The Labute approximate surface area is 225 Å². The number of aliphatic hydroxyl groups is 1. The maximum absolute atomic E-state index is 12.1. The Kier molecular flexibility index (Phi) is 6.65. The number of carbonyl (C=O) groups excluding carboxylic acids is 1. The second-order valence-electron chi connectivity index (χ2n) is 15.6. The summed E-state index contributed by atoms with van der Waals surface area (Å²) in [6.07, 6.45) is 4.99. The van der Waals surface area contributed by atoms with Crippen molar-refractivity contribution >= 4 is 14.3 Å². The first-order chi connectivity index (χ1) is 16.9. The fourth-order valence-corrected chi connectivity index (χ4v) is 10.7. The molecule has 5 fully saturated rings. The molecule has 0 aromatic heterocycles. The molecule has 11 atom stereocenters. The smallest absolute Gasteiger partial charge is 0.303 e. The van der Waals surface area contributed by atoms with Gasteiger partial charge < -0.3 is 23.7 Å². The van der Waals surface area contributed by atoms with E-state index in [4.69, 9.17) is 18.6 Å². The molecular weight excluding hydrogens is 484 g/mol. The number of hydrogen-bond acceptors (Lipinski definition) is 6. The quantitative estimate of drug-likeness (QED) is 0.349. The van der Waals surface area contributed by atoms with Crippen molar-refractivity contribution in [2.24, 2.45) is 34.5 Å². The lowest BCUT2D eigenvalue weighted by Crippen LogP contribution is -2.67. The van der Waals surface area contributed by atoms with Crippen molar-refractivity contribution in [3.63, 3.8) is 0 Å². The molecule has 4 aliphatic carbocycles. The lowest BCUT2D eigenvalue weighted by Gasteiger charge is -2.64. The maximum Gasteiger partial charge on any atom is 0.303 e. The van der Waals surface area contributed by atoms with Crippen LogP contribution in [0, 0.1) is 34.5 Å². The van der Waals surface area contributed by atoms with Crippen molar-refractivity contribution in [3.8, 4) is 0 Å². The van der Waals surface area contributed by atoms with Gasteiger partial charge in [-0.15, -0.1) is 0 Å². The Hall–Kier alpha value is -0.473. The summed E-state index contributed by atoms with van der Waals surface area (Å²) < 4.78 is 26.5. The Balaban J connectivity index is 1.52. The van der Waals surface area contributed by atoms with Crippen LogP contribution in [0.5, 0.6) is 0 Å². The molecule has 0 aromatic carbocycles. The molecule has 7 heteroatoms. The minimum Gasteiger partial charge on any atom is -0.459 e. The van der Waals surface area contributed by atoms with Gasteiger partial charge in [0, 0.05) is 12.8 Å². The number of esters is 1. The summed E-state index contributed by atoms with van der Waals surface area (Å²) in [6, 6.07) is 0. The van der Waals surface area contributed by atoms with Gasteiger partial charge in [-0.3, -0.25) is 4.79 Å².